The van der Waals surface area contributed by atoms with Crippen molar-refractivity contribution in [2.24, 2.45) is 0 Å². The third kappa shape index (κ3) is 2.47. The fourth-order valence-electron chi connectivity index (χ4n) is 1.89. The number of ketones is 1. The molecule has 2 nitrogen and oxygen atoms in total. The van der Waals surface area contributed by atoms with E-state index in [1.54, 1.807) is 6.07 Å². The molecule has 0 radical (unpaired) electrons. The van der Waals surface area contributed by atoms with Crippen molar-refractivity contribution in [3.63, 3.8) is 0 Å². The molecule has 0 N–H and O–H groups in total. The van der Waals surface area contributed by atoms with Gasteiger partial charge in [0.25, 0.3) is 0 Å². The van der Waals surface area contributed by atoms with Crippen LogP contribution in [0.4, 0.5) is 0 Å². The van der Waals surface area contributed by atoms with E-state index in [9.17, 15) is 4.79 Å². The van der Waals surface area contributed by atoms with Gasteiger partial charge in [-0.15, -0.1) is 11.3 Å². The van der Waals surface area contributed by atoms with E-state index < -0.39 is 5.54 Å². The lowest BCUT2D eigenvalue weighted by Gasteiger charge is -2.35. The summed E-state index contributed by atoms with van der Waals surface area (Å²) >= 11 is 7.42. The summed E-state index contributed by atoms with van der Waals surface area (Å²) < 4.78 is 0. The molecule has 1 heterocycles. The Balaban J connectivity index is 3.00. The van der Waals surface area contributed by atoms with Crippen LogP contribution in [0.2, 0.25) is 5.02 Å². The fraction of sp³-hybridized carbons (Fsp3) is 0.583. The van der Waals surface area contributed by atoms with Gasteiger partial charge in [0.15, 0.2) is 5.78 Å². The number of hydrogen-bond acceptors (Lipinski definition) is 3. The molecule has 0 atom stereocenters. The van der Waals surface area contributed by atoms with Crippen molar-refractivity contribution in [3.05, 3.63) is 21.3 Å². The molecular formula is C12H18ClNOS. The van der Waals surface area contributed by atoms with Gasteiger partial charge in [0.05, 0.1) is 15.4 Å². The van der Waals surface area contributed by atoms with Crippen molar-refractivity contribution in [1.29, 1.82) is 0 Å². The number of carbonyl (C=O) groups excluding carboxylic acids is 1. The van der Waals surface area contributed by atoms with E-state index in [1.807, 2.05) is 19.2 Å². The number of hydrogen-bond donors (Lipinski definition) is 0. The van der Waals surface area contributed by atoms with Crippen LogP contribution in [0.5, 0.6) is 0 Å². The first-order valence-corrected chi connectivity index (χ1v) is 6.73. The summed E-state index contributed by atoms with van der Waals surface area (Å²) in [5, 5.41) is 2.42. The second-order valence-electron chi connectivity index (χ2n) is 4.16. The van der Waals surface area contributed by atoms with Gasteiger partial charge in [-0.25, -0.2) is 0 Å². The average Bonchev–Trinajstić information content (AvgIpc) is 2.64. The SMILES string of the molecule is CCN(CC)C(C)(C)C(=O)c1sccc1Cl. The Labute approximate surface area is 106 Å². The molecule has 1 aromatic rings. The number of nitrogens with zero attached hydrogens (tertiary/aromatic N) is 1. The van der Waals surface area contributed by atoms with Crippen LogP contribution in [0.1, 0.15) is 37.4 Å². The number of carbonyl (C=O) groups is 1. The van der Waals surface area contributed by atoms with Crippen LogP contribution in [0.3, 0.4) is 0 Å². The predicted octanol–water partition coefficient (Wildman–Crippen LogP) is 3.70. The van der Waals surface area contributed by atoms with Gasteiger partial charge in [-0.3, -0.25) is 9.69 Å². The van der Waals surface area contributed by atoms with E-state index in [2.05, 4.69) is 18.7 Å². The minimum Gasteiger partial charge on any atom is -0.292 e. The van der Waals surface area contributed by atoms with Gasteiger partial charge >= 0.3 is 0 Å². The Morgan fingerprint density at radius 3 is 2.38 bits per heavy atom. The largest absolute Gasteiger partial charge is 0.292 e. The fourth-order valence-corrected chi connectivity index (χ4v) is 3.13. The molecule has 1 aromatic heterocycles. The minimum absolute atomic E-state index is 0.108. The highest BCUT2D eigenvalue weighted by Crippen LogP contribution is 2.29. The van der Waals surface area contributed by atoms with Crippen molar-refractivity contribution in [2.75, 3.05) is 13.1 Å². The molecule has 0 saturated heterocycles. The molecular weight excluding hydrogens is 242 g/mol. The van der Waals surface area contributed by atoms with Gasteiger partial charge in [-0.05, 0) is 38.4 Å². The van der Waals surface area contributed by atoms with Gasteiger partial charge in [0, 0.05) is 0 Å². The van der Waals surface area contributed by atoms with Gasteiger partial charge in [0.2, 0.25) is 0 Å². The van der Waals surface area contributed by atoms with Crippen LogP contribution < -0.4 is 0 Å². The van der Waals surface area contributed by atoms with Crippen LogP contribution in [-0.2, 0) is 0 Å². The molecule has 90 valence electrons. The van der Waals surface area contributed by atoms with E-state index in [1.165, 1.54) is 11.3 Å². The van der Waals surface area contributed by atoms with E-state index in [0.717, 1.165) is 13.1 Å². The quantitative estimate of drug-likeness (QED) is 0.752. The maximum Gasteiger partial charge on any atom is 0.193 e. The van der Waals surface area contributed by atoms with Crippen molar-refractivity contribution in [3.8, 4) is 0 Å². The summed E-state index contributed by atoms with van der Waals surface area (Å²) in [6.45, 7) is 9.76. The number of rotatable bonds is 5. The van der Waals surface area contributed by atoms with Crippen molar-refractivity contribution >= 4 is 28.7 Å². The molecule has 0 saturated carbocycles. The summed E-state index contributed by atoms with van der Waals surface area (Å²) in [5.74, 6) is 0.108. The summed E-state index contributed by atoms with van der Waals surface area (Å²) in [4.78, 5) is 15.2. The van der Waals surface area contributed by atoms with Gasteiger partial charge in [-0.1, -0.05) is 25.4 Å². The summed E-state index contributed by atoms with van der Waals surface area (Å²) in [6.07, 6.45) is 0. The van der Waals surface area contributed by atoms with Gasteiger partial charge < -0.3 is 0 Å². The van der Waals surface area contributed by atoms with Crippen LogP contribution in [0, 0.1) is 0 Å². The third-order valence-electron chi connectivity index (χ3n) is 2.93. The molecule has 0 aliphatic carbocycles. The predicted molar refractivity (Wildman–Crippen MR) is 70.7 cm³/mol. The molecule has 0 aliphatic heterocycles. The molecule has 0 unspecified atom stereocenters. The van der Waals surface area contributed by atoms with E-state index in [0.29, 0.717) is 9.90 Å². The Kier molecular flexibility index (Phi) is 4.53. The van der Waals surface area contributed by atoms with Crippen LogP contribution in [-0.4, -0.2) is 29.3 Å². The summed E-state index contributed by atoms with van der Waals surface area (Å²) in [5.41, 5.74) is -0.488. The van der Waals surface area contributed by atoms with Crippen LogP contribution in [0.25, 0.3) is 0 Å². The third-order valence-corrected chi connectivity index (χ3v) is 4.27. The van der Waals surface area contributed by atoms with E-state index in [-0.39, 0.29) is 5.78 Å². The standard InChI is InChI=1S/C12H18ClNOS/c1-5-14(6-2)12(3,4)11(15)10-9(13)7-8-16-10/h7-8H,5-6H2,1-4H3. The zero-order valence-corrected chi connectivity index (χ0v) is 11.8. The highest BCUT2D eigenvalue weighted by molar-refractivity contribution is 7.12. The second-order valence-corrected chi connectivity index (χ2v) is 5.48. The molecule has 1 rings (SSSR count). The lowest BCUT2D eigenvalue weighted by Crippen LogP contribution is -2.49. The number of halogens is 1. The van der Waals surface area contributed by atoms with Crippen molar-refractivity contribution in [1.82, 2.24) is 4.90 Å². The smallest absolute Gasteiger partial charge is 0.193 e. The zero-order valence-electron chi connectivity index (χ0n) is 10.2. The minimum atomic E-state index is -0.488. The Bertz CT molecular complexity index is 369. The lowest BCUT2D eigenvalue weighted by molar-refractivity contribution is 0.0673. The first kappa shape index (κ1) is 13.7. The van der Waals surface area contributed by atoms with Crippen LogP contribution in [0.15, 0.2) is 11.4 Å². The van der Waals surface area contributed by atoms with Crippen molar-refractivity contribution in [2.45, 2.75) is 33.2 Å². The first-order chi connectivity index (χ1) is 7.45. The molecule has 0 aliphatic rings. The Hall–Kier alpha value is -0.380. The normalized spacial score (nSPS) is 12.1. The zero-order chi connectivity index (χ0) is 12.3. The molecule has 0 amide bonds. The Morgan fingerprint density at radius 2 is 2.00 bits per heavy atom. The van der Waals surface area contributed by atoms with Gasteiger partial charge in [-0.2, -0.15) is 0 Å². The number of Topliss-reactive ketones (excluding diaryl/α,β-unsaturated/α-hetero) is 1. The molecule has 0 bridgehead atoms. The number of thiophene rings is 1. The average molecular weight is 260 g/mol. The van der Waals surface area contributed by atoms with Gasteiger partial charge in [0.1, 0.15) is 0 Å². The van der Waals surface area contributed by atoms with Crippen molar-refractivity contribution < 1.29 is 4.79 Å². The van der Waals surface area contributed by atoms with Crippen LogP contribution >= 0.6 is 22.9 Å². The monoisotopic (exact) mass is 259 g/mol. The van der Waals surface area contributed by atoms with E-state index in [4.69, 9.17) is 11.6 Å². The highest BCUT2D eigenvalue weighted by atomic mass is 35.5. The highest BCUT2D eigenvalue weighted by Gasteiger charge is 2.35. The Morgan fingerprint density at radius 1 is 1.44 bits per heavy atom. The van der Waals surface area contributed by atoms with E-state index >= 15 is 0 Å². The maximum absolute atomic E-state index is 12.4. The summed E-state index contributed by atoms with van der Waals surface area (Å²) in [7, 11) is 0. The molecule has 0 spiro atoms. The summed E-state index contributed by atoms with van der Waals surface area (Å²) in [6, 6.07) is 1.78. The molecule has 16 heavy (non-hydrogen) atoms. The molecule has 0 aromatic carbocycles. The lowest BCUT2D eigenvalue weighted by atomic mass is 9.95. The molecule has 4 heteroatoms. The second kappa shape index (κ2) is 5.30. The first-order valence-electron chi connectivity index (χ1n) is 5.48. The maximum atomic E-state index is 12.4. The molecule has 0 fully saturated rings. The number of likely N-dealkylation sites (N-methyl/N-ethyl adjacent to an activating group) is 1. The topological polar surface area (TPSA) is 20.3 Å².